The molecule has 0 amide bonds. The van der Waals surface area contributed by atoms with Gasteiger partial charge in [-0.2, -0.15) is 0 Å². The van der Waals surface area contributed by atoms with Gasteiger partial charge in [0.1, 0.15) is 19.0 Å². The van der Waals surface area contributed by atoms with Crippen LogP contribution in [0.4, 0.5) is 0 Å². The minimum Gasteiger partial charge on any atom is -0.486 e. The van der Waals surface area contributed by atoms with Gasteiger partial charge in [-0.05, 0) is 37.6 Å². The zero-order valence-electron chi connectivity index (χ0n) is 19.4. The summed E-state index contributed by atoms with van der Waals surface area (Å²) >= 11 is 1.41. The first-order valence-electron chi connectivity index (χ1n) is 11.2. The van der Waals surface area contributed by atoms with Crippen molar-refractivity contribution in [3.8, 4) is 17.2 Å². The van der Waals surface area contributed by atoms with E-state index in [9.17, 15) is 4.79 Å². The van der Waals surface area contributed by atoms with Crippen molar-refractivity contribution < 1.29 is 14.3 Å². The summed E-state index contributed by atoms with van der Waals surface area (Å²) in [6.45, 7) is 5.08. The Kier molecular flexibility index (Phi) is 6.15. The smallest absolute Gasteiger partial charge is 0.191 e. The van der Waals surface area contributed by atoms with Crippen LogP contribution in [0.5, 0.6) is 11.5 Å². The summed E-state index contributed by atoms with van der Waals surface area (Å²) in [5.41, 5.74) is 4.74. The number of carbonyl (C=O) groups is 1. The van der Waals surface area contributed by atoms with Gasteiger partial charge in [-0.1, -0.05) is 42.1 Å². The number of hydrogen-bond acceptors (Lipinski definition) is 6. The molecule has 0 unspecified atom stereocenters. The maximum Gasteiger partial charge on any atom is 0.191 e. The Balaban J connectivity index is 1.31. The Hall–Kier alpha value is -3.52. The highest BCUT2D eigenvalue weighted by Crippen LogP contribution is 2.33. The van der Waals surface area contributed by atoms with Crippen molar-refractivity contribution in [1.82, 2.24) is 19.3 Å². The Morgan fingerprint density at radius 2 is 1.76 bits per heavy atom. The van der Waals surface area contributed by atoms with Crippen molar-refractivity contribution >= 4 is 17.5 Å². The number of aromatic nitrogens is 4. The molecule has 0 bridgehead atoms. The van der Waals surface area contributed by atoms with E-state index < -0.39 is 0 Å². The van der Waals surface area contributed by atoms with Gasteiger partial charge in [0, 0.05) is 42.2 Å². The number of benzene rings is 2. The third-order valence-corrected chi connectivity index (χ3v) is 7.00. The van der Waals surface area contributed by atoms with Crippen LogP contribution >= 0.6 is 11.8 Å². The summed E-state index contributed by atoms with van der Waals surface area (Å²) in [5, 5.41) is 9.37. The van der Waals surface area contributed by atoms with E-state index in [-0.39, 0.29) is 5.78 Å². The van der Waals surface area contributed by atoms with Crippen molar-refractivity contribution in [3.63, 3.8) is 0 Å². The molecular formula is C26H26N4O3S. The SMILES string of the molecule is Cc1cc(C(=O)CSc2nnc(Cc3ccccc3)n2C)c(C)n1-c1ccc2c(c1)OCCO2. The lowest BCUT2D eigenvalue weighted by Crippen LogP contribution is -2.15. The third kappa shape index (κ3) is 4.33. The number of nitrogens with zero attached hydrogens (tertiary/aromatic N) is 4. The number of thioether (sulfide) groups is 1. The lowest BCUT2D eigenvalue weighted by atomic mass is 10.1. The molecule has 2 aromatic heterocycles. The van der Waals surface area contributed by atoms with Gasteiger partial charge < -0.3 is 18.6 Å². The number of hydrogen-bond donors (Lipinski definition) is 0. The van der Waals surface area contributed by atoms with Gasteiger partial charge in [0.25, 0.3) is 0 Å². The van der Waals surface area contributed by atoms with Gasteiger partial charge in [-0.3, -0.25) is 4.79 Å². The molecule has 174 valence electrons. The normalized spacial score (nSPS) is 12.7. The second-order valence-electron chi connectivity index (χ2n) is 8.28. The van der Waals surface area contributed by atoms with E-state index in [0.717, 1.165) is 39.6 Å². The highest BCUT2D eigenvalue weighted by atomic mass is 32.2. The van der Waals surface area contributed by atoms with Crippen LogP contribution in [0.2, 0.25) is 0 Å². The average Bonchev–Trinajstić information content (AvgIpc) is 3.35. The summed E-state index contributed by atoms with van der Waals surface area (Å²) in [6, 6.07) is 18.0. The lowest BCUT2D eigenvalue weighted by Gasteiger charge is -2.20. The summed E-state index contributed by atoms with van der Waals surface area (Å²) in [5.74, 6) is 2.71. The molecule has 0 saturated heterocycles. The van der Waals surface area contributed by atoms with Crippen LogP contribution in [0.1, 0.15) is 33.1 Å². The molecule has 4 aromatic rings. The molecule has 8 heteroatoms. The molecule has 7 nitrogen and oxygen atoms in total. The molecule has 1 aliphatic heterocycles. The van der Waals surface area contributed by atoms with Gasteiger partial charge in [-0.25, -0.2) is 0 Å². The van der Waals surface area contributed by atoms with Crippen molar-refractivity contribution in [3.05, 3.63) is 82.9 Å². The number of carbonyl (C=O) groups excluding carboxylic acids is 1. The first kappa shape index (κ1) is 22.3. The average molecular weight is 475 g/mol. The van der Waals surface area contributed by atoms with Crippen LogP contribution < -0.4 is 9.47 Å². The summed E-state index contributed by atoms with van der Waals surface area (Å²) in [6.07, 6.45) is 0.704. The number of Topliss-reactive ketones (excluding diaryl/α,β-unsaturated/α-hetero) is 1. The number of fused-ring (bicyclic) bond motifs is 1. The van der Waals surface area contributed by atoms with Gasteiger partial charge in [-0.15, -0.1) is 10.2 Å². The molecule has 2 aromatic carbocycles. The van der Waals surface area contributed by atoms with Crippen LogP contribution in [0, 0.1) is 13.8 Å². The Bertz CT molecular complexity index is 1340. The second kappa shape index (κ2) is 9.38. The second-order valence-corrected chi connectivity index (χ2v) is 9.22. The molecule has 5 rings (SSSR count). The Labute approximate surface area is 202 Å². The number of ketones is 1. The van der Waals surface area contributed by atoms with Crippen LogP contribution in [-0.4, -0.2) is 44.1 Å². The molecule has 0 fully saturated rings. The molecular weight excluding hydrogens is 448 g/mol. The number of aryl methyl sites for hydroxylation is 1. The first-order chi connectivity index (χ1) is 16.5. The van der Waals surface area contributed by atoms with E-state index in [1.807, 2.05) is 67.9 Å². The van der Waals surface area contributed by atoms with Crippen molar-refractivity contribution in [2.24, 2.45) is 7.05 Å². The predicted octanol–water partition coefficient (Wildman–Crippen LogP) is 4.56. The van der Waals surface area contributed by atoms with Crippen LogP contribution in [0.3, 0.4) is 0 Å². The maximum atomic E-state index is 13.1. The minimum atomic E-state index is 0.0644. The molecule has 0 atom stereocenters. The van der Waals surface area contributed by atoms with Gasteiger partial charge in [0.05, 0.1) is 5.75 Å². The highest BCUT2D eigenvalue weighted by molar-refractivity contribution is 7.99. The summed E-state index contributed by atoms with van der Waals surface area (Å²) in [7, 11) is 1.94. The van der Waals surface area contributed by atoms with E-state index in [1.165, 1.54) is 17.3 Å². The third-order valence-electron chi connectivity index (χ3n) is 5.98. The molecule has 0 saturated carbocycles. The van der Waals surface area contributed by atoms with Gasteiger partial charge in [0.15, 0.2) is 22.4 Å². The molecule has 3 heterocycles. The Morgan fingerprint density at radius 1 is 1.00 bits per heavy atom. The zero-order valence-corrected chi connectivity index (χ0v) is 20.3. The zero-order chi connectivity index (χ0) is 23.7. The van der Waals surface area contributed by atoms with Crippen LogP contribution in [0.15, 0.2) is 59.8 Å². The minimum absolute atomic E-state index is 0.0644. The van der Waals surface area contributed by atoms with Crippen LogP contribution in [-0.2, 0) is 13.5 Å². The van der Waals surface area contributed by atoms with Crippen LogP contribution in [0.25, 0.3) is 5.69 Å². The van der Waals surface area contributed by atoms with E-state index in [0.29, 0.717) is 31.0 Å². The lowest BCUT2D eigenvalue weighted by molar-refractivity contribution is 0.102. The topological polar surface area (TPSA) is 71.2 Å². The van der Waals surface area contributed by atoms with Gasteiger partial charge in [0.2, 0.25) is 0 Å². The molecule has 0 spiro atoms. The van der Waals surface area contributed by atoms with E-state index in [4.69, 9.17) is 9.47 Å². The standard InChI is InChI=1S/C26H26N4O3S/c1-17-13-21(18(2)30(17)20-9-10-23-24(15-20)33-12-11-32-23)22(31)16-34-26-28-27-25(29(26)3)14-19-7-5-4-6-8-19/h4-10,13,15H,11-12,14,16H2,1-3H3. The molecule has 0 radical (unpaired) electrons. The van der Waals surface area contributed by atoms with E-state index in [2.05, 4.69) is 26.9 Å². The van der Waals surface area contributed by atoms with Crippen molar-refractivity contribution in [2.75, 3.05) is 19.0 Å². The van der Waals surface area contributed by atoms with Crippen molar-refractivity contribution in [2.45, 2.75) is 25.4 Å². The number of rotatable bonds is 7. The van der Waals surface area contributed by atoms with E-state index >= 15 is 0 Å². The quantitative estimate of drug-likeness (QED) is 0.289. The summed E-state index contributed by atoms with van der Waals surface area (Å²) in [4.78, 5) is 13.1. The monoisotopic (exact) mass is 474 g/mol. The molecule has 0 N–H and O–H groups in total. The summed E-state index contributed by atoms with van der Waals surface area (Å²) < 4.78 is 15.4. The number of ether oxygens (including phenoxy) is 2. The Morgan fingerprint density at radius 3 is 2.56 bits per heavy atom. The maximum absolute atomic E-state index is 13.1. The first-order valence-corrected chi connectivity index (χ1v) is 12.2. The largest absolute Gasteiger partial charge is 0.486 e. The molecule has 34 heavy (non-hydrogen) atoms. The molecule has 0 aliphatic carbocycles. The van der Waals surface area contributed by atoms with Crippen molar-refractivity contribution in [1.29, 1.82) is 0 Å². The fourth-order valence-corrected chi connectivity index (χ4v) is 5.04. The fourth-order valence-electron chi connectivity index (χ4n) is 4.22. The van der Waals surface area contributed by atoms with E-state index in [1.54, 1.807) is 0 Å². The highest BCUT2D eigenvalue weighted by Gasteiger charge is 2.20. The molecule has 1 aliphatic rings. The predicted molar refractivity (Wildman–Crippen MR) is 132 cm³/mol. The fraction of sp³-hybridized carbons (Fsp3) is 0.269. The van der Waals surface area contributed by atoms with Gasteiger partial charge >= 0.3 is 0 Å².